The number of unbranched alkanes of at least 4 members (excludes halogenated alkanes) is 1. The van der Waals surface area contributed by atoms with Crippen LogP contribution in [0.3, 0.4) is 0 Å². The van der Waals surface area contributed by atoms with Crippen molar-refractivity contribution in [1.29, 1.82) is 0 Å². The summed E-state index contributed by atoms with van der Waals surface area (Å²) in [4.78, 5) is 25.7. The fraction of sp³-hybridized carbons (Fsp3) is 0.643. The minimum Gasteiger partial charge on any atom is -0.481 e. The second-order valence-electron chi connectivity index (χ2n) is 10.2. The molecule has 192 valence electrons. The molecule has 7 heteroatoms. The van der Waals surface area contributed by atoms with E-state index in [2.05, 4.69) is 43.3 Å². The molecule has 0 saturated carbocycles. The first-order valence-corrected chi connectivity index (χ1v) is 13.1. The molecule has 2 aliphatic carbocycles. The van der Waals surface area contributed by atoms with Crippen LogP contribution in [0.2, 0.25) is 0 Å². The van der Waals surface area contributed by atoms with E-state index in [9.17, 15) is 9.59 Å². The van der Waals surface area contributed by atoms with Crippen LogP contribution in [-0.2, 0) is 26.2 Å². The third-order valence-electron chi connectivity index (χ3n) is 7.80. The number of ether oxygens (including phenoxy) is 3. The molecule has 4 aliphatic rings. The molecule has 0 aromatic heterocycles. The van der Waals surface area contributed by atoms with Gasteiger partial charge in [-0.1, -0.05) is 32.4 Å². The predicted molar refractivity (Wildman–Crippen MR) is 135 cm³/mol. The Balaban J connectivity index is 0.000000314. The quantitative estimate of drug-likeness (QED) is 0.273. The van der Waals surface area contributed by atoms with Gasteiger partial charge in [0.2, 0.25) is 0 Å². The largest absolute Gasteiger partial charge is 0.481 e. The number of piperidine rings is 1. The Labute approximate surface area is 209 Å². The molecule has 2 aliphatic heterocycles. The van der Waals surface area contributed by atoms with Crippen LogP contribution in [0.25, 0.3) is 0 Å². The number of benzene rings is 1. The molecule has 2 heterocycles. The van der Waals surface area contributed by atoms with Crippen molar-refractivity contribution in [3.8, 4) is 11.5 Å². The molecule has 5 rings (SSSR count). The highest BCUT2D eigenvalue weighted by Crippen LogP contribution is 2.62. The zero-order chi connectivity index (χ0) is 25.2. The molecular formula is C28H40N2O5. The van der Waals surface area contributed by atoms with Crippen molar-refractivity contribution in [3.05, 3.63) is 35.4 Å². The maximum atomic E-state index is 11.7. The van der Waals surface area contributed by atoms with Crippen molar-refractivity contribution in [2.24, 2.45) is 5.92 Å². The van der Waals surface area contributed by atoms with Crippen LogP contribution in [-0.4, -0.2) is 61.8 Å². The Hall–Kier alpha value is -2.38. The van der Waals surface area contributed by atoms with Crippen LogP contribution in [0.5, 0.6) is 11.5 Å². The van der Waals surface area contributed by atoms with Gasteiger partial charge in [-0.3, -0.25) is 9.59 Å². The number of carbonyl (C=O) groups excluding carboxylic acids is 2. The van der Waals surface area contributed by atoms with Gasteiger partial charge in [0.25, 0.3) is 0 Å². The lowest BCUT2D eigenvalue weighted by molar-refractivity contribution is -0.152. The van der Waals surface area contributed by atoms with Gasteiger partial charge in [-0.2, -0.15) is 0 Å². The average molecular weight is 485 g/mol. The van der Waals surface area contributed by atoms with E-state index >= 15 is 0 Å². The Morgan fingerprint density at radius 1 is 1.14 bits per heavy atom. The van der Waals surface area contributed by atoms with Gasteiger partial charge in [-0.15, -0.1) is 0 Å². The van der Waals surface area contributed by atoms with Crippen LogP contribution in [0.1, 0.15) is 64.5 Å². The maximum absolute atomic E-state index is 11.7. The van der Waals surface area contributed by atoms with Crippen molar-refractivity contribution in [2.75, 3.05) is 26.7 Å². The van der Waals surface area contributed by atoms with Crippen LogP contribution >= 0.6 is 0 Å². The molecule has 1 fully saturated rings. The van der Waals surface area contributed by atoms with Crippen molar-refractivity contribution in [2.45, 2.75) is 83.5 Å². The minimum absolute atomic E-state index is 0.245. The first kappa shape index (κ1) is 25.7. The lowest BCUT2D eigenvalue weighted by Crippen LogP contribution is -2.65. The van der Waals surface area contributed by atoms with Crippen LogP contribution < -0.4 is 14.8 Å². The Morgan fingerprint density at radius 2 is 1.94 bits per heavy atom. The summed E-state index contributed by atoms with van der Waals surface area (Å²) in [5.41, 5.74) is 2.15. The summed E-state index contributed by atoms with van der Waals surface area (Å²) < 4.78 is 17.5. The molecule has 35 heavy (non-hydrogen) atoms. The smallest absolute Gasteiger partial charge is 0.308 e. The maximum Gasteiger partial charge on any atom is 0.308 e. The summed E-state index contributed by atoms with van der Waals surface area (Å²) in [6, 6.07) is 4.28. The number of nitrogens with one attached hydrogen (secondary N) is 1. The van der Waals surface area contributed by atoms with E-state index in [0.717, 1.165) is 24.9 Å². The highest BCUT2D eigenvalue weighted by molar-refractivity contribution is 5.73. The van der Waals surface area contributed by atoms with Gasteiger partial charge in [0, 0.05) is 36.8 Å². The number of nitrogens with zero attached hydrogens (tertiary/aromatic N) is 1. The fourth-order valence-corrected chi connectivity index (χ4v) is 6.34. The number of likely N-dealkylation sites (N-methyl/N-ethyl adjacent to an activating group) is 1. The minimum atomic E-state index is -0.439. The number of esters is 2. The SMILES string of the molecule is CC(=O)Oc1ccc2c3c1O[C@H]1[C@@H](OC(C)=O)C=C[C@H]4[C@@H](C2)N(C)CC[C@@]341.CCCCNCCC. The van der Waals surface area contributed by atoms with Gasteiger partial charge >= 0.3 is 11.9 Å². The number of hydrogen-bond donors (Lipinski definition) is 1. The first-order valence-electron chi connectivity index (χ1n) is 13.1. The lowest BCUT2D eigenvalue weighted by Gasteiger charge is -2.56. The zero-order valence-corrected chi connectivity index (χ0v) is 21.8. The third-order valence-corrected chi connectivity index (χ3v) is 7.80. The monoisotopic (exact) mass is 484 g/mol. The summed E-state index contributed by atoms with van der Waals surface area (Å²) in [6.45, 7) is 10.6. The molecule has 1 aromatic carbocycles. The second kappa shape index (κ2) is 10.7. The first-order chi connectivity index (χ1) is 16.8. The molecule has 5 atom stereocenters. The molecule has 1 N–H and O–H groups in total. The molecule has 1 spiro atoms. The van der Waals surface area contributed by atoms with Crippen LogP contribution in [0.15, 0.2) is 24.3 Å². The number of likely N-dealkylation sites (tertiary alicyclic amines) is 1. The van der Waals surface area contributed by atoms with Gasteiger partial charge in [0.1, 0.15) is 6.10 Å². The highest BCUT2D eigenvalue weighted by Gasteiger charge is 2.65. The zero-order valence-electron chi connectivity index (χ0n) is 21.8. The number of hydrogen-bond acceptors (Lipinski definition) is 7. The van der Waals surface area contributed by atoms with E-state index in [1.54, 1.807) is 0 Å². The lowest BCUT2D eigenvalue weighted by atomic mass is 9.53. The summed E-state index contributed by atoms with van der Waals surface area (Å²) in [7, 11) is 2.17. The molecule has 0 radical (unpaired) electrons. The molecule has 2 bridgehead atoms. The molecule has 1 saturated heterocycles. The van der Waals surface area contributed by atoms with Gasteiger partial charge in [-0.05, 0) is 70.1 Å². The summed E-state index contributed by atoms with van der Waals surface area (Å²) >= 11 is 0. The summed E-state index contributed by atoms with van der Waals surface area (Å²) in [5, 5.41) is 3.34. The Morgan fingerprint density at radius 3 is 2.63 bits per heavy atom. The van der Waals surface area contributed by atoms with Gasteiger partial charge < -0.3 is 24.4 Å². The summed E-state index contributed by atoms with van der Waals surface area (Å²) in [6.07, 6.45) is 9.18. The summed E-state index contributed by atoms with van der Waals surface area (Å²) in [5.74, 6) is 0.712. The van der Waals surface area contributed by atoms with E-state index in [1.807, 2.05) is 12.1 Å². The van der Waals surface area contributed by atoms with Gasteiger partial charge in [0.05, 0.1) is 0 Å². The molecule has 7 nitrogen and oxygen atoms in total. The number of rotatable bonds is 7. The third kappa shape index (κ3) is 4.73. The Bertz CT molecular complexity index is 970. The van der Waals surface area contributed by atoms with Gasteiger partial charge in [0.15, 0.2) is 17.6 Å². The van der Waals surface area contributed by atoms with Crippen molar-refractivity contribution in [3.63, 3.8) is 0 Å². The highest BCUT2D eigenvalue weighted by atomic mass is 16.6. The fourth-order valence-electron chi connectivity index (χ4n) is 6.34. The standard InChI is InChI=1S/C21H23NO5.C7H17N/c1-11(23)25-16-6-4-13-10-15-14-5-7-17(26-12(2)24)20-21(14,8-9-22(15)3)18(13)19(16)27-20;1-3-5-7-8-6-4-2/h4-7,14-15,17,20H,8-10H2,1-3H3;8H,3-7H2,1-2H3/t14-,15+,17-,20-,21-;/m0./s1. The normalized spacial score (nSPS) is 29.4. The van der Waals surface area contributed by atoms with Crippen LogP contribution in [0.4, 0.5) is 0 Å². The Kier molecular flexibility index (Phi) is 7.86. The molecular weight excluding hydrogens is 444 g/mol. The second-order valence-corrected chi connectivity index (χ2v) is 10.2. The van der Waals surface area contributed by atoms with E-state index in [1.165, 1.54) is 51.8 Å². The number of carbonyl (C=O) groups is 2. The molecule has 1 aromatic rings. The van der Waals surface area contributed by atoms with Crippen molar-refractivity contribution < 1.29 is 23.8 Å². The molecule has 0 amide bonds. The molecule has 0 unspecified atom stereocenters. The topological polar surface area (TPSA) is 77.1 Å². The van der Waals surface area contributed by atoms with E-state index in [0.29, 0.717) is 17.5 Å². The van der Waals surface area contributed by atoms with E-state index in [-0.39, 0.29) is 29.4 Å². The predicted octanol–water partition coefficient (Wildman–Crippen LogP) is 3.77. The van der Waals surface area contributed by atoms with Crippen molar-refractivity contribution in [1.82, 2.24) is 10.2 Å². The van der Waals surface area contributed by atoms with E-state index in [4.69, 9.17) is 14.2 Å². The van der Waals surface area contributed by atoms with E-state index < -0.39 is 6.10 Å². The van der Waals surface area contributed by atoms with Gasteiger partial charge in [-0.25, -0.2) is 0 Å². The van der Waals surface area contributed by atoms with Crippen LogP contribution in [0, 0.1) is 5.92 Å². The average Bonchev–Trinajstić information content (AvgIpc) is 3.17. The van der Waals surface area contributed by atoms with Crippen molar-refractivity contribution >= 4 is 11.9 Å².